The van der Waals surface area contributed by atoms with E-state index in [0.717, 1.165) is 49.9 Å². The molecule has 4 rings (SSSR count). The van der Waals surface area contributed by atoms with E-state index in [1.807, 2.05) is 6.92 Å². The van der Waals surface area contributed by atoms with Crippen molar-refractivity contribution in [1.82, 2.24) is 15.1 Å². The molecule has 2 aliphatic rings. The number of likely N-dealkylation sites (N-methyl/N-ethyl adjacent to an activating group) is 1. The fourth-order valence-electron chi connectivity index (χ4n) is 5.22. The molecule has 0 aromatic heterocycles. The van der Waals surface area contributed by atoms with Crippen LogP contribution < -0.4 is 14.8 Å². The molecule has 0 radical (unpaired) electrons. The van der Waals surface area contributed by atoms with Gasteiger partial charge in [-0.05, 0) is 62.2 Å². The maximum Gasteiger partial charge on any atom is 0.317 e. The minimum Gasteiger partial charge on any atom is -0.487 e. The smallest absolute Gasteiger partial charge is 0.317 e. The topological polar surface area (TPSA) is 128 Å². The molecule has 1 heterocycles. The summed E-state index contributed by atoms with van der Waals surface area (Å²) in [4.78, 5) is 29.6. The van der Waals surface area contributed by atoms with Gasteiger partial charge in [-0.25, -0.2) is 17.6 Å². The monoisotopic (exact) mass is 590 g/mol. The number of halogens is 1. The van der Waals surface area contributed by atoms with Gasteiger partial charge in [-0.1, -0.05) is 26.2 Å². The summed E-state index contributed by atoms with van der Waals surface area (Å²) in [6.45, 7) is 3.91. The number of hydrogen-bond donors (Lipinski definition) is 3. The molecule has 0 unspecified atom stereocenters. The number of carbonyl (C=O) groups excluding carboxylic acids is 2. The second-order valence-electron chi connectivity index (χ2n) is 11.1. The molecular formula is C29H39FN4O6S. The summed E-state index contributed by atoms with van der Waals surface area (Å²) < 4.78 is 47.9. The van der Waals surface area contributed by atoms with Gasteiger partial charge in [-0.3, -0.25) is 9.52 Å². The summed E-state index contributed by atoms with van der Waals surface area (Å²) in [5.41, 5.74) is 0.242. The lowest BCUT2D eigenvalue weighted by atomic mass is 9.96. The molecule has 1 fully saturated rings. The molecule has 3 N–H and O–H groups in total. The number of aliphatic hydroxyl groups is 1. The van der Waals surface area contributed by atoms with Gasteiger partial charge in [0.1, 0.15) is 17.7 Å². The second-order valence-corrected chi connectivity index (χ2v) is 12.7. The molecule has 1 aliphatic carbocycles. The van der Waals surface area contributed by atoms with E-state index >= 15 is 0 Å². The fraction of sp³-hybridized carbons (Fsp3) is 0.517. The van der Waals surface area contributed by atoms with E-state index < -0.39 is 33.9 Å². The van der Waals surface area contributed by atoms with Crippen LogP contribution >= 0.6 is 0 Å². The van der Waals surface area contributed by atoms with Gasteiger partial charge in [0.05, 0.1) is 29.7 Å². The Bertz CT molecular complexity index is 1330. The van der Waals surface area contributed by atoms with Crippen molar-refractivity contribution in [2.24, 2.45) is 5.92 Å². The number of nitrogens with zero attached hydrogens (tertiary/aromatic N) is 2. The lowest BCUT2D eigenvalue weighted by Gasteiger charge is -2.38. The van der Waals surface area contributed by atoms with Crippen molar-refractivity contribution in [1.29, 1.82) is 0 Å². The molecule has 0 saturated heterocycles. The molecule has 1 aliphatic heterocycles. The Morgan fingerprint density at radius 1 is 1.17 bits per heavy atom. The Morgan fingerprint density at radius 3 is 2.51 bits per heavy atom. The van der Waals surface area contributed by atoms with Crippen LogP contribution in [0.5, 0.6) is 5.75 Å². The van der Waals surface area contributed by atoms with Crippen molar-refractivity contribution in [3.63, 3.8) is 0 Å². The van der Waals surface area contributed by atoms with Crippen LogP contribution in [0.3, 0.4) is 0 Å². The second kappa shape index (κ2) is 13.1. The zero-order valence-electron chi connectivity index (χ0n) is 23.7. The van der Waals surface area contributed by atoms with Crippen LogP contribution in [0, 0.1) is 11.7 Å². The number of ether oxygens (including phenoxy) is 1. The lowest BCUT2D eigenvalue weighted by molar-refractivity contribution is 0.0366. The molecule has 10 nitrogen and oxygen atoms in total. The highest BCUT2D eigenvalue weighted by Crippen LogP contribution is 2.31. The summed E-state index contributed by atoms with van der Waals surface area (Å²) >= 11 is 0. The summed E-state index contributed by atoms with van der Waals surface area (Å²) in [7, 11) is -2.35. The highest BCUT2D eigenvalue weighted by atomic mass is 32.2. The first-order valence-electron chi connectivity index (χ1n) is 14.0. The number of carbonyl (C=O) groups is 2. The van der Waals surface area contributed by atoms with E-state index in [-0.39, 0.29) is 59.6 Å². The van der Waals surface area contributed by atoms with Crippen molar-refractivity contribution in [2.45, 2.75) is 69.0 Å². The molecule has 0 bridgehead atoms. The Kier molecular flexibility index (Phi) is 9.75. The highest BCUT2D eigenvalue weighted by Gasteiger charge is 2.34. The van der Waals surface area contributed by atoms with E-state index in [9.17, 15) is 27.5 Å². The van der Waals surface area contributed by atoms with E-state index in [2.05, 4.69) is 10.0 Å². The molecular weight excluding hydrogens is 551 g/mol. The third-order valence-electron chi connectivity index (χ3n) is 7.77. The molecule has 41 heavy (non-hydrogen) atoms. The average molecular weight is 591 g/mol. The summed E-state index contributed by atoms with van der Waals surface area (Å²) in [6, 6.07) is 8.26. The van der Waals surface area contributed by atoms with Crippen LogP contribution in [-0.2, 0) is 10.0 Å². The number of sulfonamides is 1. The van der Waals surface area contributed by atoms with Gasteiger partial charge in [0, 0.05) is 31.2 Å². The van der Waals surface area contributed by atoms with Gasteiger partial charge < -0.3 is 25.0 Å². The predicted octanol–water partition coefficient (Wildman–Crippen LogP) is 3.82. The highest BCUT2D eigenvalue weighted by molar-refractivity contribution is 7.92. The fourth-order valence-corrected chi connectivity index (χ4v) is 6.27. The maximum atomic E-state index is 13.7. The molecule has 3 atom stereocenters. The third-order valence-corrected chi connectivity index (χ3v) is 9.17. The molecule has 0 spiro atoms. The lowest BCUT2D eigenvalue weighted by Crippen LogP contribution is -2.52. The first kappa shape index (κ1) is 30.6. The quantitative estimate of drug-likeness (QED) is 0.429. The predicted molar refractivity (Wildman–Crippen MR) is 153 cm³/mol. The zero-order chi connectivity index (χ0) is 29.7. The Labute approximate surface area is 240 Å². The number of urea groups is 1. The van der Waals surface area contributed by atoms with Crippen molar-refractivity contribution in [3.05, 3.63) is 53.8 Å². The molecule has 2 aromatic rings. The van der Waals surface area contributed by atoms with Gasteiger partial charge in [0.2, 0.25) is 0 Å². The number of nitrogens with one attached hydrogen (secondary N) is 2. The molecule has 1 saturated carbocycles. The van der Waals surface area contributed by atoms with Crippen molar-refractivity contribution in [3.8, 4) is 5.75 Å². The van der Waals surface area contributed by atoms with Gasteiger partial charge >= 0.3 is 6.03 Å². The minimum absolute atomic E-state index is 0.121. The number of aliphatic hydroxyl groups excluding tert-OH is 1. The summed E-state index contributed by atoms with van der Waals surface area (Å²) in [5, 5.41) is 13.0. The zero-order valence-corrected chi connectivity index (χ0v) is 24.5. The first-order chi connectivity index (χ1) is 19.5. The molecule has 224 valence electrons. The van der Waals surface area contributed by atoms with Crippen LogP contribution in [0.2, 0.25) is 0 Å². The number of amides is 3. The average Bonchev–Trinajstić information content (AvgIpc) is 2.95. The number of benzene rings is 2. The molecule has 3 amide bonds. The minimum atomic E-state index is -4.06. The number of hydrogen-bond acceptors (Lipinski definition) is 6. The third kappa shape index (κ3) is 7.48. The van der Waals surface area contributed by atoms with Crippen LogP contribution in [0.1, 0.15) is 56.3 Å². The van der Waals surface area contributed by atoms with Crippen LogP contribution in [0.25, 0.3) is 0 Å². The maximum absolute atomic E-state index is 13.7. The Morgan fingerprint density at radius 2 is 1.85 bits per heavy atom. The molecule has 12 heteroatoms. The van der Waals surface area contributed by atoms with E-state index in [1.54, 1.807) is 23.8 Å². The Balaban J connectivity index is 1.59. The summed E-state index contributed by atoms with van der Waals surface area (Å²) in [6.07, 6.45) is 4.83. The standard InChI is InChI=1S/C29H39FN4O6S/c1-19-16-34(20(2)18-35)28(36)25-15-23(32-41(38,39)24-12-9-21(30)10-13-24)11-14-26(25)40-27(19)17-33(3)29(37)31-22-7-5-4-6-8-22/h9-15,19-20,22,27,32,35H,4-8,16-18H2,1-3H3,(H,31,37)/t19-,20-,27+/m1/s1. The van der Waals surface area contributed by atoms with E-state index in [4.69, 9.17) is 4.74 Å². The van der Waals surface area contributed by atoms with E-state index in [1.165, 1.54) is 24.6 Å². The van der Waals surface area contributed by atoms with Crippen molar-refractivity contribution < 1.29 is 32.2 Å². The van der Waals surface area contributed by atoms with Gasteiger partial charge in [-0.15, -0.1) is 0 Å². The van der Waals surface area contributed by atoms with Crippen LogP contribution in [0.4, 0.5) is 14.9 Å². The van der Waals surface area contributed by atoms with Crippen LogP contribution in [-0.4, -0.2) is 80.2 Å². The van der Waals surface area contributed by atoms with E-state index in [0.29, 0.717) is 0 Å². The SMILES string of the molecule is C[C@@H]1CN([C@H](C)CO)C(=O)c2cc(NS(=O)(=O)c3ccc(F)cc3)ccc2O[C@H]1CN(C)C(=O)NC1CCCCC1. The van der Waals surface area contributed by atoms with Crippen molar-refractivity contribution in [2.75, 3.05) is 31.5 Å². The van der Waals surface area contributed by atoms with Gasteiger partial charge in [-0.2, -0.15) is 0 Å². The van der Waals surface area contributed by atoms with Gasteiger partial charge in [0.25, 0.3) is 15.9 Å². The van der Waals surface area contributed by atoms with Crippen molar-refractivity contribution >= 4 is 27.6 Å². The Hall–Kier alpha value is -3.38. The normalized spacial score (nSPS) is 20.7. The largest absolute Gasteiger partial charge is 0.487 e. The number of rotatable bonds is 8. The summed E-state index contributed by atoms with van der Waals surface area (Å²) in [5.74, 6) is -0.931. The first-order valence-corrected chi connectivity index (χ1v) is 15.5. The number of anilines is 1. The van der Waals surface area contributed by atoms with Crippen LogP contribution in [0.15, 0.2) is 47.4 Å². The number of fused-ring (bicyclic) bond motifs is 1. The molecule has 2 aromatic carbocycles. The van der Waals surface area contributed by atoms with Gasteiger partial charge in [0.15, 0.2) is 0 Å².